The van der Waals surface area contributed by atoms with Crippen molar-refractivity contribution in [1.82, 2.24) is 5.32 Å². The second kappa shape index (κ2) is 7.74. The van der Waals surface area contributed by atoms with Crippen molar-refractivity contribution >= 4 is 5.91 Å². The number of aliphatic hydroxyl groups is 3. The zero-order valence-electron chi connectivity index (χ0n) is 13.2. The van der Waals surface area contributed by atoms with Crippen LogP contribution in [0.1, 0.15) is 19.4 Å². The molecule has 1 aliphatic heterocycles. The largest absolute Gasteiger partial charge is 0.463 e. The van der Waals surface area contributed by atoms with E-state index in [1.54, 1.807) is 6.07 Å². The number of hydrogen-bond donors (Lipinski definition) is 4. The van der Waals surface area contributed by atoms with Crippen LogP contribution in [-0.4, -0.2) is 58.5 Å². The maximum atomic E-state index is 11.3. The van der Waals surface area contributed by atoms with Crippen molar-refractivity contribution in [3.8, 4) is 5.75 Å². The van der Waals surface area contributed by atoms with Gasteiger partial charge in [0.1, 0.15) is 30.1 Å². The Morgan fingerprint density at radius 1 is 1.35 bits per heavy atom. The first-order valence-electron chi connectivity index (χ1n) is 7.61. The number of ether oxygens (including phenoxy) is 2. The standard InChI is InChI=1S/C16H23NO6/c1-3-10-5-4-6-11(7-10)22-16-13(17-9(2)19)15(21)14(20)12(8-18)23-16/h4-7,12-16,18,20-21H,3,8H2,1-2H3,(H,17,19)/t12-,13+,14+,15-,16+/m0/s1. The zero-order valence-corrected chi connectivity index (χ0v) is 13.2. The van der Waals surface area contributed by atoms with Crippen molar-refractivity contribution in [1.29, 1.82) is 0 Å². The number of aliphatic hydroxyl groups excluding tert-OH is 3. The molecule has 1 fully saturated rings. The van der Waals surface area contributed by atoms with Crippen LogP contribution in [0.3, 0.4) is 0 Å². The summed E-state index contributed by atoms with van der Waals surface area (Å²) < 4.78 is 11.3. The third kappa shape index (κ3) is 4.20. The Morgan fingerprint density at radius 2 is 2.09 bits per heavy atom. The van der Waals surface area contributed by atoms with Gasteiger partial charge < -0.3 is 30.1 Å². The van der Waals surface area contributed by atoms with Crippen LogP contribution in [0.2, 0.25) is 0 Å². The second-order valence-electron chi connectivity index (χ2n) is 5.55. The molecule has 1 aromatic rings. The topological polar surface area (TPSA) is 108 Å². The normalized spacial score (nSPS) is 30.7. The number of carbonyl (C=O) groups is 1. The minimum atomic E-state index is -1.32. The highest BCUT2D eigenvalue weighted by Gasteiger charge is 2.46. The third-order valence-corrected chi connectivity index (χ3v) is 3.81. The molecule has 1 aromatic carbocycles. The molecule has 0 spiro atoms. The molecule has 1 saturated heterocycles. The van der Waals surface area contributed by atoms with Gasteiger partial charge in [-0.15, -0.1) is 0 Å². The van der Waals surface area contributed by atoms with Crippen molar-refractivity contribution in [2.75, 3.05) is 6.61 Å². The van der Waals surface area contributed by atoms with E-state index in [1.807, 2.05) is 25.1 Å². The van der Waals surface area contributed by atoms with E-state index in [0.717, 1.165) is 12.0 Å². The van der Waals surface area contributed by atoms with Gasteiger partial charge in [-0.05, 0) is 24.1 Å². The van der Waals surface area contributed by atoms with Gasteiger partial charge in [-0.25, -0.2) is 0 Å². The van der Waals surface area contributed by atoms with Crippen LogP contribution < -0.4 is 10.1 Å². The molecule has 4 N–H and O–H groups in total. The first-order chi connectivity index (χ1) is 11.0. The van der Waals surface area contributed by atoms with Gasteiger partial charge in [0.05, 0.1) is 6.61 Å². The first-order valence-corrected chi connectivity index (χ1v) is 7.61. The molecule has 7 nitrogen and oxygen atoms in total. The second-order valence-corrected chi connectivity index (χ2v) is 5.55. The van der Waals surface area contributed by atoms with Crippen LogP contribution in [-0.2, 0) is 16.0 Å². The lowest BCUT2D eigenvalue weighted by Crippen LogP contribution is -2.65. The highest BCUT2D eigenvalue weighted by molar-refractivity contribution is 5.73. The van der Waals surface area contributed by atoms with Gasteiger partial charge in [-0.2, -0.15) is 0 Å². The molecule has 128 valence electrons. The van der Waals surface area contributed by atoms with E-state index in [0.29, 0.717) is 5.75 Å². The molecule has 1 heterocycles. The van der Waals surface area contributed by atoms with Crippen LogP contribution in [0.4, 0.5) is 0 Å². The Hall–Kier alpha value is -1.67. The summed E-state index contributed by atoms with van der Waals surface area (Å²) in [7, 11) is 0. The molecular weight excluding hydrogens is 302 g/mol. The predicted octanol–water partition coefficient (Wildman–Crippen LogP) is -0.429. The molecule has 0 unspecified atom stereocenters. The molecule has 2 rings (SSSR count). The maximum Gasteiger partial charge on any atom is 0.223 e. The van der Waals surface area contributed by atoms with Gasteiger partial charge in [0.25, 0.3) is 0 Å². The van der Waals surface area contributed by atoms with Gasteiger partial charge in [-0.3, -0.25) is 4.79 Å². The van der Waals surface area contributed by atoms with E-state index in [-0.39, 0.29) is 5.91 Å². The predicted molar refractivity (Wildman–Crippen MR) is 81.8 cm³/mol. The SMILES string of the molecule is CCc1cccc(O[C@@H]2O[C@@H](CO)[C@@H](O)[C@@H](O)[C@H]2NC(C)=O)c1. The Morgan fingerprint density at radius 3 is 2.70 bits per heavy atom. The third-order valence-electron chi connectivity index (χ3n) is 3.81. The average Bonchev–Trinajstić information content (AvgIpc) is 2.54. The summed E-state index contributed by atoms with van der Waals surface area (Å²) in [4.78, 5) is 11.3. The molecule has 0 aliphatic carbocycles. The molecule has 7 heteroatoms. The van der Waals surface area contributed by atoms with Crippen LogP contribution in [0.5, 0.6) is 5.75 Å². The van der Waals surface area contributed by atoms with Gasteiger partial charge in [0.2, 0.25) is 12.2 Å². The summed E-state index contributed by atoms with van der Waals surface area (Å²) in [5, 5.41) is 31.9. The van der Waals surface area contributed by atoms with Crippen molar-refractivity contribution in [2.24, 2.45) is 0 Å². The minimum Gasteiger partial charge on any atom is -0.463 e. The molecule has 0 aromatic heterocycles. The summed E-state index contributed by atoms with van der Waals surface area (Å²) in [6.07, 6.45) is -3.82. The summed E-state index contributed by atoms with van der Waals surface area (Å²) in [6.45, 7) is 2.84. The van der Waals surface area contributed by atoms with E-state index in [2.05, 4.69) is 5.32 Å². The zero-order chi connectivity index (χ0) is 17.0. The molecule has 0 radical (unpaired) electrons. The lowest BCUT2D eigenvalue weighted by atomic mass is 9.97. The van der Waals surface area contributed by atoms with Crippen molar-refractivity contribution in [3.63, 3.8) is 0 Å². The molecular formula is C16H23NO6. The molecule has 5 atom stereocenters. The molecule has 0 bridgehead atoms. The number of benzene rings is 1. The summed E-state index contributed by atoms with van der Waals surface area (Å²) in [5.74, 6) is 0.133. The minimum absolute atomic E-state index is 0.386. The van der Waals surface area contributed by atoms with E-state index in [9.17, 15) is 20.1 Å². The van der Waals surface area contributed by atoms with Gasteiger partial charge in [0, 0.05) is 6.92 Å². The van der Waals surface area contributed by atoms with E-state index < -0.39 is 37.3 Å². The van der Waals surface area contributed by atoms with Crippen molar-refractivity contribution in [2.45, 2.75) is 50.9 Å². The summed E-state index contributed by atoms with van der Waals surface area (Å²) in [6, 6.07) is 6.41. The van der Waals surface area contributed by atoms with Crippen molar-refractivity contribution < 1.29 is 29.6 Å². The number of nitrogens with one attached hydrogen (secondary N) is 1. The Balaban J connectivity index is 2.21. The number of carbonyl (C=O) groups excluding carboxylic acids is 1. The Kier molecular flexibility index (Phi) is 5.95. The fourth-order valence-corrected chi connectivity index (χ4v) is 2.54. The molecule has 0 saturated carbocycles. The van der Waals surface area contributed by atoms with E-state index >= 15 is 0 Å². The van der Waals surface area contributed by atoms with Gasteiger partial charge in [-0.1, -0.05) is 19.1 Å². The highest BCUT2D eigenvalue weighted by atomic mass is 16.7. The lowest BCUT2D eigenvalue weighted by molar-refractivity contribution is -0.244. The molecule has 1 amide bonds. The van der Waals surface area contributed by atoms with Gasteiger partial charge >= 0.3 is 0 Å². The van der Waals surface area contributed by atoms with E-state index in [4.69, 9.17) is 9.47 Å². The quantitative estimate of drug-likeness (QED) is 0.585. The van der Waals surface area contributed by atoms with E-state index in [1.165, 1.54) is 6.92 Å². The summed E-state index contributed by atoms with van der Waals surface area (Å²) in [5.41, 5.74) is 1.06. The number of amides is 1. The van der Waals surface area contributed by atoms with Gasteiger partial charge in [0.15, 0.2) is 0 Å². The Labute approximate surface area is 134 Å². The molecule has 1 aliphatic rings. The number of rotatable bonds is 5. The maximum absolute atomic E-state index is 11.3. The van der Waals surface area contributed by atoms with Crippen LogP contribution in [0.25, 0.3) is 0 Å². The first kappa shape index (κ1) is 17.7. The van der Waals surface area contributed by atoms with Crippen LogP contribution in [0.15, 0.2) is 24.3 Å². The smallest absolute Gasteiger partial charge is 0.223 e. The number of hydrogen-bond acceptors (Lipinski definition) is 6. The van der Waals surface area contributed by atoms with Crippen LogP contribution >= 0.6 is 0 Å². The average molecular weight is 325 g/mol. The fraction of sp³-hybridized carbons (Fsp3) is 0.562. The van der Waals surface area contributed by atoms with Crippen molar-refractivity contribution in [3.05, 3.63) is 29.8 Å². The lowest BCUT2D eigenvalue weighted by Gasteiger charge is -2.42. The fourth-order valence-electron chi connectivity index (χ4n) is 2.54. The Bertz CT molecular complexity index is 537. The number of aryl methyl sites for hydroxylation is 1. The summed E-state index contributed by atoms with van der Waals surface area (Å²) >= 11 is 0. The molecule has 23 heavy (non-hydrogen) atoms. The van der Waals surface area contributed by atoms with Crippen LogP contribution in [0, 0.1) is 0 Å². The highest BCUT2D eigenvalue weighted by Crippen LogP contribution is 2.25. The monoisotopic (exact) mass is 325 g/mol.